The van der Waals surface area contributed by atoms with Gasteiger partial charge in [-0.05, 0) is 42.2 Å². The first-order valence-electron chi connectivity index (χ1n) is 8.55. The molecule has 1 aromatic heterocycles. The molecule has 4 rings (SSSR count). The summed E-state index contributed by atoms with van der Waals surface area (Å²) >= 11 is 0. The molecule has 126 valence electrons. The van der Waals surface area contributed by atoms with Crippen molar-refractivity contribution < 1.29 is 9.18 Å². The van der Waals surface area contributed by atoms with Crippen LogP contribution in [0.5, 0.6) is 0 Å². The van der Waals surface area contributed by atoms with Gasteiger partial charge in [-0.3, -0.25) is 9.69 Å². The molecule has 1 aromatic carbocycles. The smallest absolute Gasteiger partial charge is 0.268 e. The van der Waals surface area contributed by atoms with E-state index in [2.05, 4.69) is 10.2 Å². The van der Waals surface area contributed by atoms with Gasteiger partial charge in [-0.2, -0.15) is 0 Å². The van der Waals surface area contributed by atoms with Gasteiger partial charge in [-0.1, -0.05) is 12.1 Å². The second-order valence-corrected chi connectivity index (χ2v) is 6.90. The van der Waals surface area contributed by atoms with Gasteiger partial charge in [0.1, 0.15) is 11.5 Å². The number of carbonyl (C=O) groups is 1. The van der Waals surface area contributed by atoms with Gasteiger partial charge >= 0.3 is 0 Å². The molecule has 1 saturated carbocycles. The van der Waals surface area contributed by atoms with Crippen molar-refractivity contribution in [1.29, 1.82) is 0 Å². The van der Waals surface area contributed by atoms with Gasteiger partial charge in [0.2, 0.25) is 0 Å². The van der Waals surface area contributed by atoms with Crippen molar-refractivity contribution >= 4 is 5.91 Å². The zero-order valence-corrected chi connectivity index (χ0v) is 13.9. The summed E-state index contributed by atoms with van der Waals surface area (Å²) in [5.74, 6) is -0.157. The molecule has 0 radical (unpaired) electrons. The van der Waals surface area contributed by atoms with Crippen LogP contribution in [-0.4, -0.2) is 28.0 Å². The van der Waals surface area contributed by atoms with Gasteiger partial charge in [0, 0.05) is 44.8 Å². The van der Waals surface area contributed by atoms with E-state index in [4.69, 9.17) is 0 Å². The highest BCUT2D eigenvalue weighted by Crippen LogP contribution is 2.25. The van der Waals surface area contributed by atoms with Crippen molar-refractivity contribution in [3.63, 3.8) is 0 Å². The van der Waals surface area contributed by atoms with E-state index >= 15 is 0 Å². The molecule has 1 fully saturated rings. The summed E-state index contributed by atoms with van der Waals surface area (Å²) < 4.78 is 15.4. The number of benzene rings is 1. The third-order valence-corrected chi connectivity index (χ3v) is 4.95. The van der Waals surface area contributed by atoms with Gasteiger partial charge < -0.3 is 9.88 Å². The minimum Gasteiger partial charge on any atom is -0.348 e. The normalized spacial score (nSPS) is 17.6. The lowest BCUT2D eigenvalue weighted by molar-refractivity contribution is 0.0942. The van der Waals surface area contributed by atoms with Crippen molar-refractivity contribution in [3.05, 3.63) is 58.7 Å². The van der Waals surface area contributed by atoms with Crippen LogP contribution in [0.2, 0.25) is 0 Å². The fourth-order valence-electron chi connectivity index (χ4n) is 3.49. The Labute approximate surface area is 141 Å². The Morgan fingerprint density at radius 2 is 2.17 bits per heavy atom. The molecule has 1 aliphatic carbocycles. The van der Waals surface area contributed by atoms with E-state index in [-0.39, 0.29) is 11.7 Å². The van der Waals surface area contributed by atoms with Gasteiger partial charge in [-0.25, -0.2) is 4.39 Å². The Morgan fingerprint density at radius 3 is 2.92 bits per heavy atom. The zero-order chi connectivity index (χ0) is 16.7. The molecule has 2 aromatic rings. The molecule has 0 saturated heterocycles. The first-order valence-corrected chi connectivity index (χ1v) is 8.55. The van der Waals surface area contributed by atoms with Crippen molar-refractivity contribution in [2.75, 3.05) is 6.54 Å². The summed E-state index contributed by atoms with van der Waals surface area (Å²) in [6.07, 6.45) is 3.10. The maximum absolute atomic E-state index is 13.3. The number of nitrogens with zero attached hydrogens (tertiary/aromatic N) is 2. The predicted molar refractivity (Wildman–Crippen MR) is 90.1 cm³/mol. The van der Waals surface area contributed by atoms with Gasteiger partial charge in [0.25, 0.3) is 5.91 Å². The Balaban J connectivity index is 1.49. The van der Waals surface area contributed by atoms with Crippen LogP contribution >= 0.6 is 0 Å². The molecule has 1 amide bonds. The third-order valence-electron chi connectivity index (χ3n) is 4.95. The van der Waals surface area contributed by atoms with Crippen LogP contribution in [0.1, 0.15) is 40.2 Å². The lowest BCUT2D eigenvalue weighted by atomic mass is 10.1. The number of nitrogens with one attached hydrogen (secondary N) is 1. The van der Waals surface area contributed by atoms with Crippen LogP contribution in [0.15, 0.2) is 30.3 Å². The Morgan fingerprint density at radius 1 is 1.33 bits per heavy atom. The van der Waals surface area contributed by atoms with Crippen LogP contribution in [0, 0.1) is 5.82 Å². The molecular formula is C19H22FN3O. The van der Waals surface area contributed by atoms with Crippen molar-refractivity contribution in [3.8, 4) is 0 Å². The number of carbonyl (C=O) groups excluding carboxylic acids is 1. The number of amides is 1. The number of hydrogen-bond donors (Lipinski definition) is 1. The number of aromatic nitrogens is 1. The van der Waals surface area contributed by atoms with Crippen molar-refractivity contribution in [2.24, 2.45) is 7.05 Å². The number of rotatable bonds is 4. The van der Waals surface area contributed by atoms with E-state index in [1.165, 1.54) is 17.3 Å². The SMILES string of the molecule is Cn1c(C(=O)NC2CC2)cc2c1CCN(Cc1cccc(F)c1)C2. The van der Waals surface area contributed by atoms with Gasteiger partial charge in [-0.15, -0.1) is 0 Å². The van der Waals surface area contributed by atoms with E-state index in [1.54, 1.807) is 12.1 Å². The average Bonchev–Trinajstić information content (AvgIpc) is 3.30. The number of hydrogen-bond acceptors (Lipinski definition) is 2. The first-order chi connectivity index (χ1) is 11.6. The molecule has 0 spiro atoms. The fraction of sp³-hybridized carbons (Fsp3) is 0.421. The van der Waals surface area contributed by atoms with Crippen LogP contribution < -0.4 is 5.32 Å². The van der Waals surface area contributed by atoms with Gasteiger partial charge in [0.05, 0.1) is 0 Å². The molecule has 5 heteroatoms. The van der Waals surface area contributed by atoms with Crippen LogP contribution in [0.3, 0.4) is 0 Å². The average molecular weight is 327 g/mol. The first kappa shape index (κ1) is 15.4. The summed E-state index contributed by atoms with van der Waals surface area (Å²) in [6.45, 7) is 2.46. The molecule has 1 aliphatic heterocycles. The minimum atomic E-state index is -0.191. The van der Waals surface area contributed by atoms with E-state index in [0.29, 0.717) is 6.04 Å². The second kappa shape index (κ2) is 6.06. The highest BCUT2D eigenvalue weighted by molar-refractivity contribution is 5.93. The highest BCUT2D eigenvalue weighted by atomic mass is 19.1. The lowest BCUT2D eigenvalue weighted by Crippen LogP contribution is -2.30. The highest BCUT2D eigenvalue weighted by Gasteiger charge is 2.27. The summed E-state index contributed by atoms with van der Waals surface area (Å²) in [7, 11) is 1.98. The van der Waals surface area contributed by atoms with Crippen LogP contribution in [0.4, 0.5) is 4.39 Å². The molecular weight excluding hydrogens is 305 g/mol. The summed E-state index contributed by atoms with van der Waals surface area (Å²) in [4.78, 5) is 14.7. The van der Waals surface area contributed by atoms with Crippen molar-refractivity contribution in [1.82, 2.24) is 14.8 Å². The number of halogens is 1. The maximum atomic E-state index is 13.3. The molecule has 0 atom stereocenters. The molecule has 0 bridgehead atoms. The van der Waals surface area contributed by atoms with E-state index in [0.717, 1.165) is 50.2 Å². The quantitative estimate of drug-likeness (QED) is 0.937. The Bertz CT molecular complexity index is 779. The maximum Gasteiger partial charge on any atom is 0.268 e. The van der Waals surface area contributed by atoms with E-state index < -0.39 is 0 Å². The largest absolute Gasteiger partial charge is 0.348 e. The summed E-state index contributed by atoms with van der Waals surface area (Å²) in [5.41, 5.74) is 4.19. The standard InChI is InChI=1S/C19H22FN3O/c1-22-17-7-8-23(11-13-3-2-4-15(20)9-13)12-14(17)10-18(22)19(24)21-16-5-6-16/h2-4,9-10,16H,5-8,11-12H2,1H3,(H,21,24). The predicted octanol–water partition coefficient (Wildman–Crippen LogP) is 2.61. The molecule has 0 unspecified atom stereocenters. The van der Waals surface area contributed by atoms with E-state index in [9.17, 15) is 9.18 Å². The lowest BCUT2D eigenvalue weighted by Gasteiger charge is -2.27. The molecule has 24 heavy (non-hydrogen) atoms. The summed E-state index contributed by atoms with van der Waals surface area (Å²) in [5, 5.41) is 3.06. The number of fused-ring (bicyclic) bond motifs is 1. The minimum absolute atomic E-state index is 0.0334. The Kier molecular flexibility index (Phi) is 3.88. The molecule has 2 aliphatic rings. The monoisotopic (exact) mass is 327 g/mol. The van der Waals surface area contributed by atoms with Crippen molar-refractivity contribution in [2.45, 2.75) is 38.4 Å². The molecule has 4 nitrogen and oxygen atoms in total. The third kappa shape index (κ3) is 3.08. The van der Waals surface area contributed by atoms with Crippen LogP contribution in [0.25, 0.3) is 0 Å². The Hall–Kier alpha value is -2.14. The second-order valence-electron chi connectivity index (χ2n) is 6.90. The molecule has 2 heterocycles. The van der Waals surface area contributed by atoms with E-state index in [1.807, 2.05) is 23.7 Å². The van der Waals surface area contributed by atoms with Crippen LogP contribution in [-0.2, 0) is 26.6 Å². The fourth-order valence-corrected chi connectivity index (χ4v) is 3.49. The zero-order valence-electron chi connectivity index (χ0n) is 13.9. The summed E-state index contributed by atoms with van der Waals surface area (Å²) in [6, 6.07) is 9.16. The molecule has 1 N–H and O–H groups in total. The van der Waals surface area contributed by atoms with Gasteiger partial charge in [0.15, 0.2) is 0 Å². The topological polar surface area (TPSA) is 37.3 Å².